The first kappa shape index (κ1) is 16.7. The second kappa shape index (κ2) is 6.89. The third-order valence-corrected chi connectivity index (χ3v) is 6.24. The lowest BCUT2D eigenvalue weighted by Crippen LogP contribution is -2.41. The van der Waals surface area contributed by atoms with Crippen LogP contribution < -0.4 is 9.47 Å². The molecular formula is C21H29NO3. The number of carbonyl (C=O) groups excluding carboxylic acids is 1. The van der Waals surface area contributed by atoms with E-state index in [2.05, 4.69) is 17.0 Å². The minimum absolute atomic E-state index is 0.286. The highest BCUT2D eigenvalue weighted by Crippen LogP contribution is 2.49. The summed E-state index contributed by atoms with van der Waals surface area (Å²) in [5.41, 5.74) is 2.51. The SMILES string of the molecule is CCOc1cc2c(cc1OCC)CN(C(=O)[C@@H]1C[C@H]3CC[C@H]1C3)CC2. The molecule has 4 nitrogen and oxygen atoms in total. The molecule has 0 saturated heterocycles. The second-order valence-corrected chi connectivity index (χ2v) is 7.72. The van der Waals surface area contributed by atoms with E-state index in [-0.39, 0.29) is 5.92 Å². The van der Waals surface area contributed by atoms with Crippen molar-refractivity contribution in [1.82, 2.24) is 4.90 Å². The summed E-state index contributed by atoms with van der Waals surface area (Å²) >= 11 is 0. The molecule has 0 unspecified atom stereocenters. The van der Waals surface area contributed by atoms with Crippen LogP contribution in [-0.4, -0.2) is 30.6 Å². The molecule has 2 bridgehead atoms. The van der Waals surface area contributed by atoms with Gasteiger partial charge in [-0.15, -0.1) is 0 Å². The summed E-state index contributed by atoms with van der Waals surface area (Å²) in [5.74, 6) is 3.78. The molecule has 0 spiro atoms. The second-order valence-electron chi connectivity index (χ2n) is 7.72. The van der Waals surface area contributed by atoms with Crippen LogP contribution in [0.1, 0.15) is 50.7 Å². The molecule has 1 amide bonds. The minimum Gasteiger partial charge on any atom is -0.490 e. The van der Waals surface area contributed by atoms with E-state index < -0.39 is 0 Å². The van der Waals surface area contributed by atoms with Crippen molar-refractivity contribution in [3.63, 3.8) is 0 Å². The van der Waals surface area contributed by atoms with Crippen LogP contribution in [0.3, 0.4) is 0 Å². The molecule has 4 heteroatoms. The number of rotatable bonds is 5. The largest absolute Gasteiger partial charge is 0.490 e. The Morgan fingerprint density at radius 1 is 1.08 bits per heavy atom. The molecule has 2 fully saturated rings. The number of amides is 1. The van der Waals surface area contributed by atoms with Gasteiger partial charge in [0.25, 0.3) is 0 Å². The molecule has 0 N–H and O–H groups in total. The van der Waals surface area contributed by atoms with Crippen LogP contribution in [0.5, 0.6) is 11.5 Å². The van der Waals surface area contributed by atoms with Crippen molar-refractivity contribution in [1.29, 1.82) is 0 Å². The summed E-state index contributed by atoms with van der Waals surface area (Å²) in [6.45, 7) is 6.78. The smallest absolute Gasteiger partial charge is 0.226 e. The average molecular weight is 343 g/mol. The number of hydrogen-bond donors (Lipinski definition) is 0. The van der Waals surface area contributed by atoms with E-state index in [0.29, 0.717) is 31.6 Å². The monoisotopic (exact) mass is 343 g/mol. The Morgan fingerprint density at radius 2 is 1.80 bits per heavy atom. The van der Waals surface area contributed by atoms with Crippen LogP contribution in [0.2, 0.25) is 0 Å². The first-order chi connectivity index (χ1) is 12.2. The molecule has 3 atom stereocenters. The van der Waals surface area contributed by atoms with E-state index in [4.69, 9.17) is 9.47 Å². The predicted octanol–water partition coefficient (Wildman–Crippen LogP) is 3.80. The first-order valence-electron chi connectivity index (χ1n) is 9.89. The molecule has 1 aromatic carbocycles. The molecule has 3 aliphatic rings. The van der Waals surface area contributed by atoms with Gasteiger partial charge in [0.15, 0.2) is 11.5 Å². The molecule has 2 saturated carbocycles. The number of carbonyl (C=O) groups is 1. The molecule has 0 aromatic heterocycles. The van der Waals surface area contributed by atoms with Gasteiger partial charge in [-0.1, -0.05) is 6.42 Å². The summed E-state index contributed by atoms with van der Waals surface area (Å²) < 4.78 is 11.5. The zero-order chi connectivity index (χ0) is 17.4. The summed E-state index contributed by atoms with van der Waals surface area (Å²) in [7, 11) is 0. The normalized spacial score (nSPS) is 27.3. The van der Waals surface area contributed by atoms with Gasteiger partial charge in [-0.25, -0.2) is 0 Å². The molecule has 1 aromatic rings. The van der Waals surface area contributed by atoms with Gasteiger partial charge in [-0.3, -0.25) is 4.79 Å². The van der Waals surface area contributed by atoms with Gasteiger partial charge in [0, 0.05) is 19.0 Å². The zero-order valence-corrected chi connectivity index (χ0v) is 15.4. The van der Waals surface area contributed by atoms with Crippen LogP contribution >= 0.6 is 0 Å². The first-order valence-corrected chi connectivity index (χ1v) is 9.89. The lowest BCUT2D eigenvalue weighted by Gasteiger charge is -2.33. The fourth-order valence-electron chi connectivity index (χ4n) is 5.07. The minimum atomic E-state index is 0.286. The van der Waals surface area contributed by atoms with Crippen LogP contribution in [0.15, 0.2) is 12.1 Å². The molecule has 1 heterocycles. The highest BCUT2D eigenvalue weighted by atomic mass is 16.5. The van der Waals surface area contributed by atoms with Crippen molar-refractivity contribution in [2.45, 2.75) is 52.5 Å². The Balaban J connectivity index is 1.52. The highest BCUT2D eigenvalue weighted by molar-refractivity contribution is 5.80. The Labute approximate surface area is 150 Å². The molecule has 4 rings (SSSR count). The Hall–Kier alpha value is -1.71. The molecule has 25 heavy (non-hydrogen) atoms. The van der Waals surface area contributed by atoms with Crippen molar-refractivity contribution in [2.75, 3.05) is 19.8 Å². The van der Waals surface area contributed by atoms with Gasteiger partial charge in [-0.05, 0) is 74.6 Å². The summed E-state index contributed by atoms with van der Waals surface area (Å²) in [4.78, 5) is 15.1. The van der Waals surface area contributed by atoms with E-state index in [9.17, 15) is 4.79 Å². The molecule has 0 radical (unpaired) electrons. The van der Waals surface area contributed by atoms with Crippen LogP contribution in [0.25, 0.3) is 0 Å². The number of hydrogen-bond acceptors (Lipinski definition) is 3. The van der Waals surface area contributed by atoms with E-state index in [1.54, 1.807) is 0 Å². The quantitative estimate of drug-likeness (QED) is 0.816. The number of ether oxygens (including phenoxy) is 2. The summed E-state index contributed by atoms with van der Waals surface area (Å²) in [5, 5.41) is 0. The Morgan fingerprint density at radius 3 is 2.40 bits per heavy atom. The van der Waals surface area contributed by atoms with Crippen molar-refractivity contribution in [3.8, 4) is 11.5 Å². The van der Waals surface area contributed by atoms with Gasteiger partial charge in [0.1, 0.15) is 0 Å². The lowest BCUT2D eigenvalue weighted by molar-refractivity contribution is -0.138. The van der Waals surface area contributed by atoms with Gasteiger partial charge in [0.05, 0.1) is 13.2 Å². The van der Waals surface area contributed by atoms with Gasteiger partial charge in [-0.2, -0.15) is 0 Å². The van der Waals surface area contributed by atoms with Crippen molar-refractivity contribution in [3.05, 3.63) is 23.3 Å². The maximum absolute atomic E-state index is 13.1. The third-order valence-electron chi connectivity index (χ3n) is 6.24. The van der Waals surface area contributed by atoms with Crippen molar-refractivity contribution < 1.29 is 14.3 Å². The van der Waals surface area contributed by atoms with E-state index in [0.717, 1.165) is 36.8 Å². The third kappa shape index (κ3) is 3.11. The maximum atomic E-state index is 13.1. The Kier molecular flexibility index (Phi) is 4.61. The standard InChI is InChI=1S/C21H29NO3/c1-3-24-19-11-15-7-8-22(13-17(15)12-20(19)25-4-2)21(23)18-10-14-5-6-16(18)9-14/h11-12,14,16,18H,3-10,13H2,1-2H3/t14-,16-,18+/m0/s1. The van der Waals surface area contributed by atoms with Crippen LogP contribution in [0.4, 0.5) is 0 Å². The van der Waals surface area contributed by atoms with Crippen molar-refractivity contribution in [2.24, 2.45) is 17.8 Å². The van der Waals surface area contributed by atoms with Crippen LogP contribution in [-0.2, 0) is 17.8 Å². The number of fused-ring (bicyclic) bond motifs is 3. The lowest BCUT2D eigenvalue weighted by atomic mass is 9.87. The Bertz CT molecular complexity index is 657. The van der Waals surface area contributed by atoms with Crippen LogP contribution in [0, 0.1) is 17.8 Å². The van der Waals surface area contributed by atoms with Gasteiger partial charge in [0.2, 0.25) is 5.91 Å². The fourth-order valence-corrected chi connectivity index (χ4v) is 5.07. The molecule has 1 aliphatic heterocycles. The fraction of sp³-hybridized carbons (Fsp3) is 0.667. The topological polar surface area (TPSA) is 38.8 Å². The average Bonchev–Trinajstić information content (AvgIpc) is 3.25. The zero-order valence-electron chi connectivity index (χ0n) is 15.4. The molecule has 2 aliphatic carbocycles. The van der Waals surface area contributed by atoms with Crippen molar-refractivity contribution >= 4 is 5.91 Å². The van der Waals surface area contributed by atoms with Gasteiger partial charge >= 0.3 is 0 Å². The number of nitrogens with zero attached hydrogens (tertiary/aromatic N) is 1. The maximum Gasteiger partial charge on any atom is 0.226 e. The van der Waals surface area contributed by atoms with Gasteiger partial charge < -0.3 is 14.4 Å². The van der Waals surface area contributed by atoms with E-state index in [1.165, 1.54) is 30.4 Å². The van der Waals surface area contributed by atoms with E-state index in [1.807, 2.05) is 13.8 Å². The molecular weight excluding hydrogens is 314 g/mol. The summed E-state index contributed by atoms with van der Waals surface area (Å²) in [6.07, 6.45) is 5.93. The summed E-state index contributed by atoms with van der Waals surface area (Å²) in [6, 6.07) is 4.20. The predicted molar refractivity (Wildman–Crippen MR) is 96.8 cm³/mol. The molecule has 136 valence electrons. The number of benzene rings is 1. The highest BCUT2D eigenvalue weighted by Gasteiger charge is 2.44. The van der Waals surface area contributed by atoms with E-state index >= 15 is 0 Å².